The molecule has 1 N–H and O–H groups in total. The monoisotopic (exact) mass is 301 g/mol. The van der Waals surface area contributed by atoms with Gasteiger partial charge in [0.1, 0.15) is 11.5 Å². The van der Waals surface area contributed by atoms with Gasteiger partial charge in [0, 0.05) is 6.07 Å². The quantitative estimate of drug-likeness (QED) is 0.647. The van der Waals surface area contributed by atoms with Crippen LogP contribution in [-0.4, -0.2) is 6.54 Å². The highest BCUT2D eigenvalue weighted by molar-refractivity contribution is 5.60. The minimum Gasteiger partial charge on any atom is -0.459 e. The van der Waals surface area contributed by atoms with Crippen molar-refractivity contribution >= 4 is 0 Å². The minimum absolute atomic E-state index is 0.131. The Kier molecular flexibility index (Phi) is 4.67. The maximum Gasteiger partial charge on any atom is 0.172 e. The summed E-state index contributed by atoms with van der Waals surface area (Å²) in [7, 11) is 0. The van der Waals surface area contributed by atoms with Crippen LogP contribution in [0.2, 0.25) is 0 Å². The van der Waals surface area contributed by atoms with E-state index in [0.29, 0.717) is 18.7 Å². The lowest BCUT2D eigenvalue weighted by atomic mass is 10.1. The third-order valence-electron chi connectivity index (χ3n) is 3.19. The molecule has 0 aliphatic rings. The van der Waals surface area contributed by atoms with E-state index >= 15 is 0 Å². The van der Waals surface area contributed by atoms with Crippen molar-refractivity contribution in [2.75, 3.05) is 6.54 Å². The second-order valence-corrected chi connectivity index (χ2v) is 4.56. The van der Waals surface area contributed by atoms with Crippen LogP contribution in [0.25, 0.3) is 11.3 Å². The third kappa shape index (κ3) is 2.95. The van der Waals surface area contributed by atoms with Crippen LogP contribution in [0, 0.1) is 23.3 Å². The van der Waals surface area contributed by atoms with Crippen LogP contribution in [0.15, 0.2) is 22.6 Å². The Morgan fingerprint density at radius 3 is 2.19 bits per heavy atom. The van der Waals surface area contributed by atoms with E-state index in [1.54, 1.807) is 0 Å². The molecule has 1 atom stereocenters. The van der Waals surface area contributed by atoms with E-state index in [9.17, 15) is 17.6 Å². The second kappa shape index (κ2) is 6.30. The summed E-state index contributed by atoms with van der Waals surface area (Å²) in [4.78, 5) is 0. The standard InChI is InChI=1S/C15H15F4NO/c1-3-10(20-4-2)11-5-6-12(21-11)13-14(18)8(16)7-9(17)15(13)19/h5-7,10,20H,3-4H2,1-2H3. The van der Waals surface area contributed by atoms with Gasteiger partial charge >= 0.3 is 0 Å². The van der Waals surface area contributed by atoms with Crippen LogP contribution >= 0.6 is 0 Å². The van der Waals surface area contributed by atoms with Gasteiger partial charge in [0.05, 0.1) is 11.6 Å². The lowest BCUT2D eigenvalue weighted by molar-refractivity contribution is 0.409. The summed E-state index contributed by atoms with van der Waals surface area (Å²) < 4.78 is 59.2. The van der Waals surface area contributed by atoms with Gasteiger partial charge in [0.25, 0.3) is 0 Å². The van der Waals surface area contributed by atoms with Crippen molar-refractivity contribution in [2.45, 2.75) is 26.3 Å². The molecular weight excluding hydrogens is 286 g/mol. The average Bonchev–Trinajstić information content (AvgIpc) is 2.92. The Labute approximate surface area is 119 Å². The summed E-state index contributed by atoms with van der Waals surface area (Å²) in [5, 5.41) is 3.14. The molecule has 0 aliphatic heterocycles. The summed E-state index contributed by atoms with van der Waals surface area (Å²) in [6.45, 7) is 4.51. The molecule has 21 heavy (non-hydrogen) atoms. The SMILES string of the molecule is CCNC(CC)c1ccc(-c2c(F)c(F)cc(F)c2F)o1. The van der Waals surface area contributed by atoms with Crippen molar-refractivity contribution in [1.82, 2.24) is 5.32 Å². The molecule has 1 aromatic carbocycles. The van der Waals surface area contributed by atoms with Crippen molar-refractivity contribution < 1.29 is 22.0 Å². The van der Waals surface area contributed by atoms with Crippen molar-refractivity contribution in [3.05, 3.63) is 47.2 Å². The van der Waals surface area contributed by atoms with Crippen LogP contribution < -0.4 is 5.32 Å². The first-order valence-electron chi connectivity index (χ1n) is 6.66. The van der Waals surface area contributed by atoms with Gasteiger partial charge in [-0.05, 0) is 25.1 Å². The number of hydrogen-bond acceptors (Lipinski definition) is 2. The van der Waals surface area contributed by atoms with E-state index in [4.69, 9.17) is 4.42 Å². The van der Waals surface area contributed by atoms with E-state index in [0.717, 1.165) is 0 Å². The van der Waals surface area contributed by atoms with Crippen molar-refractivity contribution in [3.8, 4) is 11.3 Å². The Balaban J connectivity index is 2.47. The van der Waals surface area contributed by atoms with Gasteiger partial charge in [-0.25, -0.2) is 17.6 Å². The third-order valence-corrected chi connectivity index (χ3v) is 3.19. The van der Waals surface area contributed by atoms with Crippen LogP contribution in [0.1, 0.15) is 32.1 Å². The Hall–Kier alpha value is -1.82. The molecule has 6 heteroatoms. The topological polar surface area (TPSA) is 25.2 Å². The van der Waals surface area contributed by atoms with Gasteiger partial charge in [-0.15, -0.1) is 0 Å². The van der Waals surface area contributed by atoms with E-state index in [1.807, 2.05) is 13.8 Å². The molecule has 2 rings (SSSR count). The minimum atomic E-state index is -1.47. The summed E-state index contributed by atoms with van der Waals surface area (Å²) >= 11 is 0. The van der Waals surface area contributed by atoms with E-state index in [1.165, 1.54) is 12.1 Å². The van der Waals surface area contributed by atoms with Crippen LogP contribution in [-0.2, 0) is 0 Å². The zero-order valence-electron chi connectivity index (χ0n) is 11.6. The number of rotatable bonds is 5. The van der Waals surface area contributed by atoms with Gasteiger partial charge in [0.2, 0.25) is 0 Å². The largest absolute Gasteiger partial charge is 0.459 e. The lowest BCUT2D eigenvalue weighted by Crippen LogP contribution is -2.19. The predicted octanol–water partition coefficient (Wildman–Crippen LogP) is 4.56. The Bertz CT molecular complexity index is 613. The molecule has 1 heterocycles. The number of nitrogens with one attached hydrogen (secondary N) is 1. The molecule has 0 aliphatic carbocycles. The normalized spacial score (nSPS) is 12.7. The van der Waals surface area contributed by atoms with E-state index in [2.05, 4.69) is 5.32 Å². The maximum atomic E-state index is 13.7. The lowest BCUT2D eigenvalue weighted by Gasteiger charge is -2.12. The highest BCUT2D eigenvalue weighted by Crippen LogP contribution is 2.32. The van der Waals surface area contributed by atoms with Crippen molar-refractivity contribution in [2.24, 2.45) is 0 Å². The highest BCUT2D eigenvalue weighted by atomic mass is 19.2. The molecule has 0 saturated carbocycles. The first-order chi connectivity index (χ1) is 9.99. The van der Waals surface area contributed by atoms with Crippen LogP contribution in [0.3, 0.4) is 0 Å². The average molecular weight is 301 g/mol. The molecule has 1 unspecified atom stereocenters. The Morgan fingerprint density at radius 2 is 1.67 bits per heavy atom. The number of halogens is 4. The maximum absolute atomic E-state index is 13.7. The first kappa shape index (κ1) is 15.6. The molecule has 2 nitrogen and oxygen atoms in total. The van der Waals surface area contributed by atoms with E-state index < -0.39 is 28.8 Å². The predicted molar refractivity (Wildman–Crippen MR) is 70.7 cm³/mol. The second-order valence-electron chi connectivity index (χ2n) is 4.56. The van der Waals surface area contributed by atoms with Crippen LogP contribution in [0.5, 0.6) is 0 Å². The number of hydrogen-bond donors (Lipinski definition) is 1. The van der Waals surface area contributed by atoms with Crippen molar-refractivity contribution in [3.63, 3.8) is 0 Å². The summed E-state index contributed by atoms with van der Waals surface area (Å²) in [6, 6.07) is 2.88. The zero-order chi connectivity index (χ0) is 15.6. The highest BCUT2D eigenvalue weighted by Gasteiger charge is 2.24. The summed E-state index contributed by atoms with van der Waals surface area (Å²) in [5.41, 5.74) is -0.829. The molecular formula is C15H15F4NO. The van der Waals surface area contributed by atoms with Gasteiger partial charge in [-0.3, -0.25) is 0 Å². The van der Waals surface area contributed by atoms with Crippen LogP contribution in [0.4, 0.5) is 17.6 Å². The fraction of sp³-hybridized carbons (Fsp3) is 0.333. The number of benzene rings is 1. The zero-order valence-corrected chi connectivity index (χ0v) is 11.6. The fourth-order valence-corrected chi connectivity index (χ4v) is 2.16. The molecule has 0 bridgehead atoms. The fourth-order valence-electron chi connectivity index (χ4n) is 2.16. The summed E-state index contributed by atoms with van der Waals surface area (Å²) in [6.07, 6.45) is 0.698. The molecule has 0 spiro atoms. The van der Waals surface area contributed by atoms with Crippen molar-refractivity contribution in [1.29, 1.82) is 0 Å². The molecule has 0 radical (unpaired) electrons. The molecule has 1 aromatic heterocycles. The molecule has 0 amide bonds. The molecule has 0 fully saturated rings. The van der Waals surface area contributed by atoms with Gasteiger partial charge in [-0.1, -0.05) is 13.8 Å². The number of furan rings is 1. The van der Waals surface area contributed by atoms with E-state index in [-0.39, 0.29) is 17.9 Å². The summed E-state index contributed by atoms with van der Waals surface area (Å²) in [5.74, 6) is -5.63. The van der Waals surface area contributed by atoms with Gasteiger partial charge < -0.3 is 9.73 Å². The van der Waals surface area contributed by atoms with Gasteiger partial charge in [0.15, 0.2) is 23.3 Å². The smallest absolute Gasteiger partial charge is 0.172 e. The molecule has 0 saturated heterocycles. The first-order valence-corrected chi connectivity index (χ1v) is 6.66. The molecule has 2 aromatic rings. The van der Waals surface area contributed by atoms with Gasteiger partial charge in [-0.2, -0.15) is 0 Å². The molecule has 114 valence electrons. The Morgan fingerprint density at radius 1 is 1.05 bits per heavy atom.